The van der Waals surface area contributed by atoms with Gasteiger partial charge in [-0.2, -0.15) is 0 Å². The summed E-state index contributed by atoms with van der Waals surface area (Å²) in [7, 11) is 2.19. The van der Waals surface area contributed by atoms with Crippen molar-refractivity contribution in [1.82, 2.24) is 4.90 Å². The van der Waals surface area contributed by atoms with E-state index < -0.39 is 0 Å². The van der Waals surface area contributed by atoms with Crippen LogP contribution in [0.3, 0.4) is 0 Å². The molecule has 1 aliphatic rings. The summed E-state index contributed by atoms with van der Waals surface area (Å²) in [6.45, 7) is 8.57. The predicted octanol–water partition coefficient (Wildman–Crippen LogP) is 1.79. The summed E-state index contributed by atoms with van der Waals surface area (Å²) in [5.74, 6) is 0. The number of anilines is 1. The van der Waals surface area contributed by atoms with E-state index in [0.717, 1.165) is 26.2 Å². The Kier molecular flexibility index (Phi) is 3.93. The molecule has 1 saturated heterocycles. The molecule has 1 unspecified atom stereocenters. The summed E-state index contributed by atoms with van der Waals surface area (Å²) in [5, 5.41) is 0. The van der Waals surface area contributed by atoms with E-state index in [1.54, 1.807) is 0 Å². The third-order valence-electron chi connectivity index (χ3n) is 3.74. The third-order valence-corrected chi connectivity index (χ3v) is 3.74. The van der Waals surface area contributed by atoms with Gasteiger partial charge >= 0.3 is 0 Å². The Bertz CT molecular complexity index is 375. The van der Waals surface area contributed by atoms with Gasteiger partial charge in [-0.3, -0.25) is 4.90 Å². The zero-order chi connectivity index (χ0) is 13.2. The lowest BCUT2D eigenvalue weighted by atomic mass is 9.92. The second-order valence-electron chi connectivity index (χ2n) is 6.18. The van der Waals surface area contributed by atoms with Crippen LogP contribution < -0.4 is 10.6 Å². The normalized spacial score (nSPS) is 24.9. The Hall–Kier alpha value is -1.06. The number of nitrogens with two attached hydrogens (primary N) is 1. The standard InChI is InChI=1S/C15H25N3/c1-15(2)11-17(3)14(9-16)10-18(12-15)13-7-5-4-6-8-13/h4-8,14H,9-12,16H2,1-3H3. The molecule has 1 fully saturated rings. The number of benzene rings is 1. The van der Waals surface area contributed by atoms with Crippen molar-refractivity contribution in [3.8, 4) is 0 Å². The number of rotatable bonds is 2. The molecule has 3 heteroatoms. The molecule has 0 aliphatic carbocycles. The zero-order valence-electron chi connectivity index (χ0n) is 11.8. The van der Waals surface area contributed by atoms with Gasteiger partial charge in [-0.25, -0.2) is 0 Å². The Morgan fingerprint density at radius 1 is 1.22 bits per heavy atom. The summed E-state index contributed by atoms with van der Waals surface area (Å²) < 4.78 is 0. The predicted molar refractivity (Wildman–Crippen MR) is 77.9 cm³/mol. The molecule has 0 saturated carbocycles. The monoisotopic (exact) mass is 247 g/mol. The van der Waals surface area contributed by atoms with Crippen LogP contribution in [0.5, 0.6) is 0 Å². The van der Waals surface area contributed by atoms with Crippen molar-refractivity contribution >= 4 is 5.69 Å². The van der Waals surface area contributed by atoms with E-state index in [1.165, 1.54) is 5.69 Å². The van der Waals surface area contributed by atoms with Gasteiger partial charge in [0.1, 0.15) is 0 Å². The number of hydrogen-bond donors (Lipinski definition) is 1. The number of para-hydroxylation sites is 1. The van der Waals surface area contributed by atoms with Crippen molar-refractivity contribution in [2.24, 2.45) is 11.1 Å². The fraction of sp³-hybridized carbons (Fsp3) is 0.600. The maximum Gasteiger partial charge on any atom is 0.0390 e. The lowest BCUT2D eigenvalue weighted by Crippen LogP contribution is -2.44. The molecule has 1 aromatic carbocycles. The summed E-state index contributed by atoms with van der Waals surface area (Å²) in [6, 6.07) is 11.1. The summed E-state index contributed by atoms with van der Waals surface area (Å²) in [6.07, 6.45) is 0. The third kappa shape index (κ3) is 3.03. The zero-order valence-corrected chi connectivity index (χ0v) is 11.8. The minimum atomic E-state index is 0.286. The van der Waals surface area contributed by atoms with Gasteiger partial charge in [-0.15, -0.1) is 0 Å². The van der Waals surface area contributed by atoms with Crippen LogP contribution in [0.1, 0.15) is 13.8 Å². The van der Waals surface area contributed by atoms with Crippen molar-refractivity contribution < 1.29 is 0 Å². The van der Waals surface area contributed by atoms with Crippen molar-refractivity contribution in [3.05, 3.63) is 30.3 Å². The Morgan fingerprint density at radius 3 is 2.50 bits per heavy atom. The van der Waals surface area contributed by atoms with E-state index in [0.29, 0.717) is 6.04 Å². The van der Waals surface area contributed by atoms with E-state index in [1.807, 2.05) is 0 Å². The molecule has 1 aliphatic heterocycles. The first-order chi connectivity index (χ1) is 8.52. The van der Waals surface area contributed by atoms with Crippen LogP contribution in [0.15, 0.2) is 30.3 Å². The highest BCUT2D eigenvalue weighted by Crippen LogP contribution is 2.27. The van der Waals surface area contributed by atoms with Crippen LogP contribution in [0, 0.1) is 5.41 Å². The molecule has 3 nitrogen and oxygen atoms in total. The van der Waals surface area contributed by atoms with Gasteiger partial charge < -0.3 is 10.6 Å². The lowest BCUT2D eigenvalue weighted by molar-refractivity contribution is 0.197. The fourth-order valence-electron chi connectivity index (χ4n) is 2.92. The maximum absolute atomic E-state index is 5.92. The minimum absolute atomic E-state index is 0.286. The highest BCUT2D eigenvalue weighted by atomic mass is 15.2. The number of nitrogens with zero attached hydrogens (tertiary/aromatic N) is 2. The molecule has 0 bridgehead atoms. The van der Waals surface area contributed by atoms with Gasteiger partial charge in [-0.05, 0) is 24.6 Å². The maximum atomic E-state index is 5.92. The fourth-order valence-corrected chi connectivity index (χ4v) is 2.92. The first-order valence-corrected chi connectivity index (χ1v) is 6.72. The largest absolute Gasteiger partial charge is 0.369 e. The second kappa shape index (κ2) is 5.29. The van der Waals surface area contributed by atoms with Crippen molar-refractivity contribution in [2.45, 2.75) is 19.9 Å². The minimum Gasteiger partial charge on any atom is -0.369 e. The van der Waals surface area contributed by atoms with E-state index in [2.05, 4.69) is 61.0 Å². The molecule has 1 atom stereocenters. The molecule has 0 amide bonds. The molecule has 18 heavy (non-hydrogen) atoms. The Morgan fingerprint density at radius 2 is 1.89 bits per heavy atom. The van der Waals surface area contributed by atoms with Gasteiger partial charge in [0.25, 0.3) is 0 Å². The highest BCUT2D eigenvalue weighted by molar-refractivity contribution is 5.46. The smallest absolute Gasteiger partial charge is 0.0390 e. The van der Waals surface area contributed by atoms with Gasteiger partial charge in [0.05, 0.1) is 0 Å². The quantitative estimate of drug-likeness (QED) is 0.865. The Balaban J connectivity index is 2.24. The molecule has 2 N–H and O–H groups in total. The van der Waals surface area contributed by atoms with Crippen LogP contribution in [-0.4, -0.2) is 44.2 Å². The van der Waals surface area contributed by atoms with Gasteiger partial charge in [0.15, 0.2) is 0 Å². The topological polar surface area (TPSA) is 32.5 Å². The highest BCUT2D eigenvalue weighted by Gasteiger charge is 2.31. The average molecular weight is 247 g/mol. The van der Waals surface area contributed by atoms with Crippen molar-refractivity contribution in [2.75, 3.05) is 38.1 Å². The molecule has 0 aromatic heterocycles. The summed E-state index contributed by atoms with van der Waals surface area (Å²) >= 11 is 0. The summed E-state index contributed by atoms with van der Waals surface area (Å²) in [5.41, 5.74) is 7.51. The van der Waals surface area contributed by atoms with Crippen LogP contribution in [0.4, 0.5) is 5.69 Å². The SMILES string of the molecule is CN1CC(C)(C)CN(c2ccccc2)CC1CN. The molecule has 1 heterocycles. The van der Waals surface area contributed by atoms with Gasteiger partial charge in [0, 0.05) is 37.9 Å². The first-order valence-electron chi connectivity index (χ1n) is 6.72. The molecular formula is C15H25N3. The van der Waals surface area contributed by atoms with Gasteiger partial charge in [-0.1, -0.05) is 32.0 Å². The first kappa shape index (κ1) is 13.4. The van der Waals surface area contributed by atoms with E-state index in [9.17, 15) is 0 Å². The van der Waals surface area contributed by atoms with Crippen LogP contribution in [0.2, 0.25) is 0 Å². The average Bonchev–Trinajstić information content (AvgIpc) is 2.45. The molecule has 2 rings (SSSR count). The number of hydrogen-bond acceptors (Lipinski definition) is 3. The summed E-state index contributed by atoms with van der Waals surface area (Å²) in [4.78, 5) is 4.88. The van der Waals surface area contributed by atoms with Gasteiger partial charge in [0.2, 0.25) is 0 Å². The van der Waals surface area contributed by atoms with Crippen LogP contribution in [0.25, 0.3) is 0 Å². The molecule has 0 spiro atoms. The molecule has 100 valence electrons. The Labute approximate surface area is 111 Å². The van der Waals surface area contributed by atoms with E-state index in [-0.39, 0.29) is 5.41 Å². The van der Waals surface area contributed by atoms with Crippen LogP contribution >= 0.6 is 0 Å². The molecular weight excluding hydrogens is 222 g/mol. The molecule has 0 radical (unpaired) electrons. The van der Waals surface area contributed by atoms with E-state index >= 15 is 0 Å². The van der Waals surface area contributed by atoms with Crippen LogP contribution in [-0.2, 0) is 0 Å². The van der Waals surface area contributed by atoms with Crippen molar-refractivity contribution in [3.63, 3.8) is 0 Å². The second-order valence-corrected chi connectivity index (χ2v) is 6.18. The van der Waals surface area contributed by atoms with Crippen molar-refractivity contribution in [1.29, 1.82) is 0 Å². The lowest BCUT2D eigenvalue weighted by Gasteiger charge is -2.31. The molecule has 1 aromatic rings. The number of likely N-dealkylation sites (N-methyl/N-ethyl adjacent to an activating group) is 1. The van der Waals surface area contributed by atoms with E-state index in [4.69, 9.17) is 5.73 Å².